The molecule has 1 aromatic carbocycles. The van der Waals surface area contributed by atoms with Crippen molar-refractivity contribution in [3.05, 3.63) is 46.9 Å². The fraction of sp³-hybridized carbons (Fsp3) is 0.421. The largest absolute Gasteiger partial charge is 0.465 e. The van der Waals surface area contributed by atoms with Crippen LogP contribution in [0.2, 0.25) is 0 Å². The van der Waals surface area contributed by atoms with Gasteiger partial charge >= 0.3 is 5.97 Å². The van der Waals surface area contributed by atoms with Crippen LogP contribution in [0.4, 0.5) is 4.39 Å². The van der Waals surface area contributed by atoms with Crippen molar-refractivity contribution in [2.75, 3.05) is 6.61 Å². The van der Waals surface area contributed by atoms with Gasteiger partial charge in [-0.15, -0.1) is 0 Å². The first-order valence-corrected chi connectivity index (χ1v) is 8.42. The number of carbonyl (C=O) groups excluding carboxylic acids is 3. The molecule has 5 nitrogen and oxygen atoms in total. The van der Waals surface area contributed by atoms with Crippen molar-refractivity contribution in [3.8, 4) is 0 Å². The zero-order chi connectivity index (χ0) is 18.1. The molecule has 1 heterocycles. The second-order valence-electron chi connectivity index (χ2n) is 6.49. The van der Waals surface area contributed by atoms with Crippen LogP contribution in [0.3, 0.4) is 0 Å². The van der Waals surface area contributed by atoms with Gasteiger partial charge in [-0.2, -0.15) is 0 Å². The van der Waals surface area contributed by atoms with E-state index in [1.807, 2.05) is 0 Å². The van der Waals surface area contributed by atoms with E-state index in [9.17, 15) is 18.8 Å². The van der Waals surface area contributed by atoms with Crippen LogP contribution in [-0.2, 0) is 19.1 Å². The Morgan fingerprint density at radius 3 is 2.68 bits per heavy atom. The van der Waals surface area contributed by atoms with E-state index < -0.39 is 23.6 Å². The number of allylic oxidation sites excluding steroid dienone is 2. The van der Waals surface area contributed by atoms with Crippen molar-refractivity contribution < 1.29 is 23.5 Å². The number of ether oxygens (including phenoxy) is 1. The highest BCUT2D eigenvalue weighted by atomic mass is 19.1. The third kappa shape index (κ3) is 3.08. The van der Waals surface area contributed by atoms with E-state index in [0.29, 0.717) is 23.3 Å². The van der Waals surface area contributed by atoms with Gasteiger partial charge in [0.15, 0.2) is 5.78 Å². The molecule has 0 saturated carbocycles. The normalized spacial score (nSPS) is 26.1. The number of amides is 1. The maximum Gasteiger partial charge on any atom is 0.317 e. The molecule has 2 aliphatic rings. The predicted molar refractivity (Wildman–Crippen MR) is 87.8 cm³/mol. The Hall–Kier alpha value is -2.50. The number of Topliss-reactive ketones (excluding diaryl/α,β-unsaturated/α-hetero) is 1. The standard InChI is InChI=1S/C19H20FNO4/c1-3-25-19(24)16-10(2)8-14-17(18(16)23)12(9-15(22)21-14)11-6-4-5-7-13(11)20/h4-7,10,12,16H,3,8-9H2,1-2H3,(H,21,22). The van der Waals surface area contributed by atoms with Gasteiger partial charge < -0.3 is 10.1 Å². The van der Waals surface area contributed by atoms with Crippen molar-refractivity contribution in [2.24, 2.45) is 11.8 Å². The Labute approximate surface area is 145 Å². The Balaban J connectivity index is 2.06. The quantitative estimate of drug-likeness (QED) is 0.675. The van der Waals surface area contributed by atoms with Gasteiger partial charge in [0.25, 0.3) is 0 Å². The lowest BCUT2D eigenvalue weighted by molar-refractivity contribution is -0.153. The first-order chi connectivity index (χ1) is 11.9. The van der Waals surface area contributed by atoms with Gasteiger partial charge in [-0.3, -0.25) is 14.4 Å². The number of halogens is 1. The molecule has 1 aliphatic carbocycles. The summed E-state index contributed by atoms with van der Waals surface area (Å²) in [6.07, 6.45) is 0.358. The van der Waals surface area contributed by atoms with Crippen LogP contribution in [0.15, 0.2) is 35.5 Å². The topological polar surface area (TPSA) is 72.5 Å². The number of rotatable bonds is 3. The lowest BCUT2D eigenvalue weighted by Gasteiger charge is -2.36. The number of hydrogen-bond donors (Lipinski definition) is 1. The molecule has 0 fully saturated rings. The number of ketones is 1. The molecule has 6 heteroatoms. The van der Waals surface area contributed by atoms with Gasteiger partial charge in [-0.05, 0) is 30.9 Å². The minimum atomic E-state index is -0.914. The molecule has 0 saturated heterocycles. The molecule has 0 bridgehead atoms. The summed E-state index contributed by atoms with van der Waals surface area (Å²) >= 11 is 0. The average molecular weight is 345 g/mol. The molecule has 132 valence electrons. The summed E-state index contributed by atoms with van der Waals surface area (Å²) in [7, 11) is 0. The fourth-order valence-corrected chi connectivity index (χ4v) is 3.73. The second kappa shape index (κ2) is 6.78. The first kappa shape index (κ1) is 17.3. The van der Waals surface area contributed by atoms with Gasteiger partial charge in [0.2, 0.25) is 5.91 Å². The van der Waals surface area contributed by atoms with Crippen molar-refractivity contribution in [1.29, 1.82) is 0 Å². The molecule has 0 aromatic heterocycles. The van der Waals surface area contributed by atoms with Crippen LogP contribution in [0.1, 0.15) is 38.2 Å². The summed E-state index contributed by atoms with van der Waals surface area (Å²) in [5, 5.41) is 2.74. The molecule has 25 heavy (non-hydrogen) atoms. The maximum atomic E-state index is 14.3. The molecule has 3 rings (SSSR count). The summed E-state index contributed by atoms with van der Waals surface area (Å²) in [5.74, 6) is -3.53. The lowest BCUT2D eigenvalue weighted by atomic mass is 9.70. The van der Waals surface area contributed by atoms with Crippen molar-refractivity contribution in [3.63, 3.8) is 0 Å². The Morgan fingerprint density at radius 2 is 2.00 bits per heavy atom. The molecule has 3 unspecified atom stereocenters. The SMILES string of the molecule is CCOC(=O)C1C(=O)C2=C(CC1C)NC(=O)CC2c1ccccc1F. The molecule has 1 N–H and O–H groups in total. The van der Waals surface area contributed by atoms with E-state index in [1.54, 1.807) is 32.0 Å². The van der Waals surface area contributed by atoms with Crippen LogP contribution in [-0.4, -0.2) is 24.3 Å². The zero-order valence-corrected chi connectivity index (χ0v) is 14.2. The van der Waals surface area contributed by atoms with Crippen LogP contribution in [0.25, 0.3) is 0 Å². The summed E-state index contributed by atoms with van der Waals surface area (Å²) in [6.45, 7) is 3.65. The van der Waals surface area contributed by atoms with Crippen molar-refractivity contribution in [2.45, 2.75) is 32.6 Å². The monoisotopic (exact) mass is 345 g/mol. The van der Waals surface area contributed by atoms with E-state index >= 15 is 0 Å². The van der Waals surface area contributed by atoms with Crippen LogP contribution in [0.5, 0.6) is 0 Å². The lowest BCUT2D eigenvalue weighted by Crippen LogP contribution is -2.44. The highest BCUT2D eigenvalue weighted by Crippen LogP contribution is 2.42. The summed E-state index contributed by atoms with van der Waals surface area (Å²) in [4.78, 5) is 37.4. The Morgan fingerprint density at radius 1 is 1.28 bits per heavy atom. The van der Waals surface area contributed by atoms with E-state index in [-0.39, 0.29) is 30.6 Å². The third-order valence-electron chi connectivity index (χ3n) is 4.82. The molecule has 1 amide bonds. The summed E-state index contributed by atoms with van der Waals surface area (Å²) < 4.78 is 19.3. The van der Waals surface area contributed by atoms with Crippen LogP contribution in [0, 0.1) is 17.7 Å². The average Bonchev–Trinajstić information content (AvgIpc) is 2.54. The maximum absolute atomic E-state index is 14.3. The Bertz CT molecular complexity index is 770. The van der Waals surface area contributed by atoms with Crippen molar-refractivity contribution in [1.82, 2.24) is 5.32 Å². The molecule has 1 aliphatic heterocycles. The number of nitrogens with one attached hydrogen (secondary N) is 1. The molecule has 0 radical (unpaired) electrons. The molecule has 3 atom stereocenters. The minimum absolute atomic E-state index is 0.0184. The number of carbonyl (C=O) groups is 3. The van der Waals surface area contributed by atoms with Gasteiger partial charge in [-0.25, -0.2) is 4.39 Å². The van der Waals surface area contributed by atoms with E-state index in [4.69, 9.17) is 4.74 Å². The number of esters is 1. The highest BCUT2D eigenvalue weighted by molar-refractivity contribution is 6.11. The highest BCUT2D eigenvalue weighted by Gasteiger charge is 2.46. The smallest absolute Gasteiger partial charge is 0.317 e. The van der Waals surface area contributed by atoms with Gasteiger partial charge in [0, 0.05) is 23.6 Å². The third-order valence-corrected chi connectivity index (χ3v) is 4.82. The van der Waals surface area contributed by atoms with Crippen LogP contribution >= 0.6 is 0 Å². The second-order valence-corrected chi connectivity index (χ2v) is 6.49. The molecular weight excluding hydrogens is 325 g/mol. The molecule has 0 spiro atoms. The summed E-state index contributed by atoms with van der Waals surface area (Å²) in [6, 6.07) is 6.11. The predicted octanol–water partition coefficient (Wildman–Crippen LogP) is 2.47. The van der Waals surface area contributed by atoms with Crippen LogP contribution < -0.4 is 5.32 Å². The number of hydrogen-bond acceptors (Lipinski definition) is 4. The van der Waals surface area contributed by atoms with Crippen molar-refractivity contribution >= 4 is 17.7 Å². The van der Waals surface area contributed by atoms with Gasteiger partial charge in [-0.1, -0.05) is 25.1 Å². The van der Waals surface area contributed by atoms with E-state index in [0.717, 1.165) is 0 Å². The fourth-order valence-electron chi connectivity index (χ4n) is 3.73. The Kier molecular flexibility index (Phi) is 4.70. The van der Waals surface area contributed by atoms with E-state index in [1.165, 1.54) is 6.07 Å². The summed E-state index contributed by atoms with van der Waals surface area (Å²) in [5.41, 5.74) is 1.14. The zero-order valence-electron chi connectivity index (χ0n) is 14.2. The molecular formula is C19H20FNO4. The van der Waals surface area contributed by atoms with E-state index in [2.05, 4.69) is 5.32 Å². The van der Waals surface area contributed by atoms with Gasteiger partial charge in [0.05, 0.1) is 6.61 Å². The minimum Gasteiger partial charge on any atom is -0.465 e. The number of benzene rings is 1. The first-order valence-electron chi connectivity index (χ1n) is 8.42. The van der Waals surface area contributed by atoms with Gasteiger partial charge in [0.1, 0.15) is 11.7 Å². The molecule has 1 aromatic rings.